The van der Waals surface area contributed by atoms with E-state index in [1.54, 1.807) is 32.0 Å². The molecule has 0 fully saturated rings. The van der Waals surface area contributed by atoms with Crippen LogP contribution >= 0.6 is 11.5 Å². The minimum atomic E-state index is -0.259. The van der Waals surface area contributed by atoms with Gasteiger partial charge in [0.15, 0.2) is 0 Å². The molecule has 0 bridgehead atoms. The van der Waals surface area contributed by atoms with Crippen LogP contribution in [-0.4, -0.2) is 35.3 Å². The van der Waals surface area contributed by atoms with Crippen LogP contribution < -0.4 is 11.1 Å². The smallest absolute Gasteiger partial charge is 0.244 e. The summed E-state index contributed by atoms with van der Waals surface area (Å²) in [4.78, 5) is 13.0. The second-order valence-corrected chi connectivity index (χ2v) is 4.02. The van der Waals surface area contributed by atoms with Crippen LogP contribution in [0.3, 0.4) is 0 Å². The van der Waals surface area contributed by atoms with Crippen molar-refractivity contribution in [1.82, 2.24) is 9.27 Å². The number of amides is 1. The molecule has 5 nitrogen and oxygen atoms in total. The summed E-state index contributed by atoms with van der Waals surface area (Å²) in [6.45, 7) is 1.80. The molecule has 1 aromatic heterocycles. The van der Waals surface area contributed by atoms with Crippen molar-refractivity contribution in [3.05, 3.63) is 6.07 Å². The maximum absolute atomic E-state index is 11.5. The molecule has 1 unspecified atom stereocenters. The first-order valence-corrected chi connectivity index (χ1v) is 4.98. The van der Waals surface area contributed by atoms with E-state index < -0.39 is 0 Å². The first-order valence-electron chi connectivity index (χ1n) is 4.20. The van der Waals surface area contributed by atoms with Gasteiger partial charge in [-0.2, -0.15) is 4.37 Å². The lowest BCUT2D eigenvalue weighted by Crippen LogP contribution is -2.36. The first-order chi connectivity index (χ1) is 6.50. The molecule has 78 valence electrons. The van der Waals surface area contributed by atoms with Crippen molar-refractivity contribution in [3.8, 4) is 0 Å². The molecule has 0 aliphatic heterocycles. The molecule has 0 aromatic carbocycles. The Balaban J connectivity index is 2.57. The topological polar surface area (TPSA) is 71.2 Å². The first kappa shape index (κ1) is 10.8. The standard InChI is InChI=1S/C8H14N4OS/c1-5(8(13)12(2)3)10-7-4-6(9)11-14-7/h4-5,10H,1-3H3,(H2,9,11). The third kappa shape index (κ3) is 2.59. The van der Waals surface area contributed by atoms with E-state index in [-0.39, 0.29) is 11.9 Å². The summed E-state index contributed by atoms with van der Waals surface area (Å²) >= 11 is 1.25. The van der Waals surface area contributed by atoms with Gasteiger partial charge in [-0.25, -0.2) is 0 Å². The van der Waals surface area contributed by atoms with Crippen LogP contribution in [0.25, 0.3) is 0 Å². The number of likely N-dealkylation sites (N-methyl/N-ethyl adjacent to an activating group) is 1. The Hall–Kier alpha value is -1.30. The summed E-state index contributed by atoms with van der Waals surface area (Å²) in [5.74, 6) is 0.499. The van der Waals surface area contributed by atoms with Crippen molar-refractivity contribution < 1.29 is 4.79 Å². The van der Waals surface area contributed by atoms with Crippen LogP contribution in [0, 0.1) is 0 Å². The Morgan fingerprint density at radius 3 is 2.79 bits per heavy atom. The Bertz CT molecular complexity index is 323. The molecular weight excluding hydrogens is 200 g/mol. The number of nitrogens with one attached hydrogen (secondary N) is 1. The number of rotatable bonds is 3. The Morgan fingerprint density at radius 1 is 1.71 bits per heavy atom. The van der Waals surface area contributed by atoms with Crippen LogP contribution in [0.15, 0.2) is 6.07 Å². The average molecular weight is 214 g/mol. The lowest BCUT2D eigenvalue weighted by Gasteiger charge is -2.17. The van der Waals surface area contributed by atoms with E-state index in [1.165, 1.54) is 11.5 Å². The van der Waals surface area contributed by atoms with Crippen LogP contribution in [-0.2, 0) is 4.79 Å². The maximum Gasteiger partial charge on any atom is 0.244 e. The van der Waals surface area contributed by atoms with Gasteiger partial charge < -0.3 is 16.0 Å². The van der Waals surface area contributed by atoms with E-state index in [9.17, 15) is 4.79 Å². The zero-order valence-electron chi connectivity index (χ0n) is 8.44. The van der Waals surface area contributed by atoms with Crippen molar-refractivity contribution in [2.45, 2.75) is 13.0 Å². The number of carbonyl (C=O) groups excluding carboxylic acids is 1. The highest BCUT2D eigenvalue weighted by atomic mass is 32.1. The molecule has 14 heavy (non-hydrogen) atoms. The predicted molar refractivity (Wildman–Crippen MR) is 58.3 cm³/mol. The van der Waals surface area contributed by atoms with Gasteiger partial charge in [-0.05, 0) is 18.5 Å². The van der Waals surface area contributed by atoms with Gasteiger partial charge in [0.2, 0.25) is 5.91 Å². The highest BCUT2D eigenvalue weighted by molar-refractivity contribution is 7.10. The molecule has 3 N–H and O–H groups in total. The fourth-order valence-electron chi connectivity index (χ4n) is 1.02. The lowest BCUT2D eigenvalue weighted by atomic mass is 10.3. The molecule has 0 saturated heterocycles. The van der Waals surface area contributed by atoms with Gasteiger partial charge in [0.05, 0.1) is 0 Å². The summed E-state index contributed by atoms with van der Waals surface area (Å²) in [7, 11) is 3.45. The summed E-state index contributed by atoms with van der Waals surface area (Å²) in [6, 6.07) is 1.45. The van der Waals surface area contributed by atoms with Gasteiger partial charge in [-0.3, -0.25) is 4.79 Å². The predicted octanol–water partition coefficient (Wildman–Crippen LogP) is 0.614. The molecule has 6 heteroatoms. The fourth-order valence-corrected chi connectivity index (χ4v) is 1.68. The van der Waals surface area contributed by atoms with Crippen molar-refractivity contribution in [1.29, 1.82) is 0 Å². The van der Waals surface area contributed by atoms with Crippen LogP contribution in [0.4, 0.5) is 10.8 Å². The van der Waals surface area contributed by atoms with Crippen molar-refractivity contribution in [2.24, 2.45) is 0 Å². The Morgan fingerprint density at radius 2 is 2.36 bits per heavy atom. The zero-order chi connectivity index (χ0) is 10.7. The quantitative estimate of drug-likeness (QED) is 0.773. The second-order valence-electron chi connectivity index (χ2n) is 3.21. The molecule has 1 heterocycles. The van der Waals surface area contributed by atoms with E-state index in [2.05, 4.69) is 9.69 Å². The summed E-state index contributed by atoms with van der Waals surface area (Å²) in [5, 5.41) is 3.84. The molecule has 0 saturated carbocycles. The van der Waals surface area contributed by atoms with Crippen LogP contribution in [0.5, 0.6) is 0 Å². The summed E-state index contributed by atoms with van der Waals surface area (Å²) < 4.78 is 3.91. The molecule has 1 rings (SSSR count). The molecule has 1 atom stereocenters. The average Bonchev–Trinajstić information content (AvgIpc) is 2.49. The van der Waals surface area contributed by atoms with Crippen molar-refractivity contribution in [2.75, 3.05) is 25.1 Å². The third-order valence-electron chi connectivity index (χ3n) is 1.70. The van der Waals surface area contributed by atoms with Gasteiger partial charge in [0.25, 0.3) is 0 Å². The number of carbonyl (C=O) groups is 1. The highest BCUT2D eigenvalue weighted by Gasteiger charge is 2.14. The largest absolute Gasteiger partial charge is 0.383 e. The van der Waals surface area contributed by atoms with Crippen LogP contribution in [0.1, 0.15) is 6.92 Å². The van der Waals surface area contributed by atoms with Gasteiger partial charge in [-0.1, -0.05) is 0 Å². The second kappa shape index (κ2) is 4.28. The zero-order valence-corrected chi connectivity index (χ0v) is 9.26. The van der Waals surface area contributed by atoms with Crippen molar-refractivity contribution >= 4 is 28.3 Å². The SMILES string of the molecule is CC(Nc1cc(N)ns1)C(=O)N(C)C. The number of nitrogens with zero attached hydrogens (tertiary/aromatic N) is 2. The number of nitrogen functional groups attached to an aromatic ring is 1. The monoisotopic (exact) mass is 214 g/mol. The van der Waals surface area contributed by atoms with E-state index in [0.717, 1.165) is 5.00 Å². The highest BCUT2D eigenvalue weighted by Crippen LogP contribution is 2.18. The van der Waals surface area contributed by atoms with Gasteiger partial charge in [-0.15, -0.1) is 0 Å². The molecule has 0 aliphatic carbocycles. The lowest BCUT2D eigenvalue weighted by molar-refractivity contribution is -0.129. The van der Waals surface area contributed by atoms with Crippen molar-refractivity contribution in [3.63, 3.8) is 0 Å². The molecule has 1 amide bonds. The van der Waals surface area contributed by atoms with Gasteiger partial charge in [0.1, 0.15) is 16.9 Å². The van der Waals surface area contributed by atoms with Gasteiger partial charge in [0, 0.05) is 20.2 Å². The molecule has 1 aromatic rings. The molecular formula is C8H14N4OS. The minimum absolute atomic E-state index is 0.0250. The van der Waals surface area contributed by atoms with E-state index >= 15 is 0 Å². The molecule has 0 aliphatic rings. The van der Waals surface area contributed by atoms with Crippen LogP contribution in [0.2, 0.25) is 0 Å². The summed E-state index contributed by atoms with van der Waals surface area (Å²) in [5.41, 5.74) is 5.45. The van der Waals surface area contributed by atoms with E-state index in [4.69, 9.17) is 5.73 Å². The number of anilines is 2. The summed E-state index contributed by atoms with van der Waals surface area (Å²) in [6.07, 6.45) is 0. The Kier molecular flexibility index (Phi) is 3.29. The Labute approximate surface area is 87.1 Å². The van der Waals surface area contributed by atoms with E-state index in [0.29, 0.717) is 5.82 Å². The van der Waals surface area contributed by atoms with E-state index in [1.807, 2.05) is 0 Å². The maximum atomic E-state index is 11.5. The normalized spacial score (nSPS) is 12.2. The minimum Gasteiger partial charge on any atom is -0.383 e. The fraction of sp³-hybridized carbons (Fsp3) is 0.500. The number of hydrogen-bond donors (Lipinski definition) is 2. The number of hydrogen-bond acceptors (Lipinski definition) is 5. The third-order valence-corrected chi connectivity index (χ3v) is 2.43. The number of aromatic nitrogens is 1. The number of nitrogens with two attached hydrogens (primary N) is 1. The molecule has 0 spiro atoms. The van der Waals surface area contributed by atoms with Gasteiger partial charge >= 0.3 is 0 Å². The molecule has 0 radical (unpaired) electrons.